The van der Waals surface area contributed by atoms with Crippen LogP contribution in [0.25, 0.3) is 0 Å². The van der Waals surface area contributed by atoms with Crippen molar-refractivity contribution in [3.8, 4) is 0 Å². The lowest BCUT2D eigenvalue weighted by Gasteiger charge is -2.34. The van der Waals surface area contributed by atoms with E-state index in [2.05, 4.69) is 5.32 Å². The van der Waals surface area contributed by atoms with Crippen LogP contribution < -0.4 is 5.32 Å². The van der Waals surface area contributed by atoms with Gasteiger partial charge in [-0.05, 0) is 37.1 Å². The molecule has 1 unspecified atom stereocenters. The van der Waals surface area contributed by atoms with Gasteiger partial charge < -0.3 is 15.3 Å². The average Bonchev–Trinajstić information content (AvgIpc) is 3.05. The first-order valence-corrected chi connectivity index (χ1v) is 8.32. The van der Waals surface area contributed by atoms with Gasteiger partial charge in [-0.15, -0.1) is 11.3 Å². The second-order valence-electron chi connectivity index (χ2n) is 5.26. The van der Waals surface area contributed by atoms with Crippen LogP contribution in [0.3, 0.4) is 0 Å². The topological polar surface area (TPSA) is 69.6 Å². The largest absolute Gasteiger partial charge is 0.394 e. The Morgan fingerprint density at radius 2 is 2.29 bits per heavy atom. The number of hydrogen-bond donors (Lipinski definition) is 2. The van der Waals surface area contributed by atoms with Gasteiger partial charge in [0.05, 0.1) is 17.5 Å². The van der Waals surface area contributed by atoms with Gasteiger partial charge in [-0.3, -0.25) is 9.59 Å². The third-order valence-electron chi connectivity index (χ3n) is 3.76. The number of carbonyl (C=O) groups excluding carboxylic acids is 2. The normalized spacial score (nSPS) is 18.5. The van der Waals surface area contributed by atoms with E-state index in [1.165, 1.54) is 11.3 Å². The van der Waals surface area contributed by atoms with E-state index < -0.39 is 0 Å². The Hall–Kier alpha value is -1.40. The molecule has 1 aromatic heterocycles. The minimum atomic E-state index is -0.0799. The summed E-state index contributed by atoms with van der Waals surface area (Å²) in [5.41, 5.74) is 0. The summed E-state index contributed by atoms with van der Waals surface area (Å²) in [6, 6.07) is 3.60. The fourth-order valence-corrected chi connectivity index (χ4v) is 3.24. The van der Waals surface area contributed by atoms with Gasteiger partial charge in [-0.2, -0.15) is 0 Å². The first-order chi connectivity index (χ1) is 10.2. The summed E-state index contributed by atoms with van der Waals surface area (Å²) in [6.45, 7) is 1.28. The van der Waals surface area contributed by atoms with Gasteiger partial charge in [0, 0.05) is 19.5 Å². The molecule has 0 saturated carbocycles. The van der Waals surface area contributed by atoms with E-state index >= 15 is 0 Å². The second kappa shape index (κ2) is 8.14. The van der Waals surface area contributed by atoms with E-state index in [0.717, 1.165) is 25.8 Å². The third kappa shape index (κ3) is 4.54. The Bertz CT molecular complexity index is 461. The molecule has 2 heterocycles. The first kappa shape index (κ1) is 16.0. The molecule has 6 heteroatoms. The Labute approximate surface area is 129 Å². The highest BCUT2D eigenvalue weighted by Gasteiger charge is 2.25. The highest BCUT2D eigenvalue weighted by Crippen LogP contribution is 2.17. The fraction of sp³-hybridized carbons (Fsp3) is 0.600. The van der Waals surface area contributed by atoms with Gasteiger partial charge >= 0.3 is 0 Å². The second-order valence-corrected chi connectivity index (χ2v) is 6.20. The number of thiophene rings is 1. The Kier molecular flexibility index (Phi) is 6.20. The number of amides is 2. The summed E-state index contributed by atoms with van der Waals surface area (Å²) >= 11 is 1.41. The van der Waals surface area contributed by atoms with Crippen LogP contribution in [0.5, 0.6) is 0 Å². The Balaban J connectivity index is 1.68. The molecule has 5 nitrogen and oxygen atoms in total. The number of likely N-dealkylation sites (tertiary alicyclic amines) is 1. The summed E-state index contributed by atoms with van der Waals surface area (Å²) in [5, 5.41) is 14.0. The summed E-state index contributed by atoms with van der Waals surface area (Å²) in [7, 11) is 0. The zero-order valence-electron chi connectivity index (χ0n) is 12.1. The Morgan fingerprint density at radius 3 is 3.00 bits per heavy atom. The molecule has 0 radical (unpaired) electrons. The predicted octanol–water partition coefficient (Wildman–Crippen LogP) is 1.63. The number of aliphatic hydroxyl groups excluding tert-OH is 1. The maximum Gasteiger partial charge on any atom is 0.261 e. The van der Waals surface area contributed by atoms with Crippen LogP contribution in [0.1, 0.15) is 41.8 Å². The molecule has 1 aliphatic rings. The zero-order valence-corrected chi connectivity index (χ0v) is 12.9. The molecule has 2 amide bonds. The van der Waals surface area contributed by atoms with Crippen LogP contribution in [0.2, 0.25) is 0 Å². The van der Waals surface area contributed by atoms with E-state index in [0.29, 0.717) is 24.3 Å². The molecular formula is C15H22N2O3S. The molecule has 0 spiro atoms. The van der Waals surface area contributed by atoms with E-state index in [1.54, 1.807) is 11.0 Å². The summed E-state index contributed by atoms with van der Waals surface area (Å²) < 4.78 is 0. The lowest BCUT2D eigenvalue weighted by molar-refractivity contribution is -0.136. The molecular weight excluding hydrogens is 288 g/mol. The molecule has 1 aliphatic heterocycles. The minimum absolute atomic E-state index is 0.0213. The number of hydrogen-bond acceptors (Lipinski definition) is 4. The van der Waals surface area contributed by atoms with Gasteiger partial charge in [-0.1, -0.05) is 6.07 Å². The summed E-state index contributed by atoms with van der Waals surface area (Å²) in [6.07, 6.45) is 4.02. The standard InChI is InChI=1S/C15H22N2O3S/c18-11-12-5-1-2-9-17(12)14(19)7-3-8-16-15(20)13-6-4-10-21-13/h4,6,10,12,18H,1-3,5,7-9,11H2,(H,16,20). The van der Waals surface area contributed by atoms with Crippen molar-refractivity contribution in [2.45, 2.75) is 38.1 Å². The molecule has 2 rings (SSSR count). The zero-order chi connectivity index (χ0) is 15.1. The Morgan fingerprint density at radius 1 is 1.43 bits per heavy atom. The molecule has 1 aromatic rings. The molecule has 1 fully saturated rings. The first-order valence-electron chi connectivity index (χ1n) is 7.44. The molecule has 1 saturated heterocycles. The van der Waals surface area contributed by atoms with Crippen LogP contribution in [0.4, 0.5) is 0 Å². The number of nitrogens with zero attached hydrogens (tertiary/aromatic N) is 1. The van der Waals surface area contributed by atoms with E-state index in [1.807, 2.05) is 11.4 Å². The predicted molar refractivity (Wildman–Crippen MR) is 82.3 cm³/mol. The van der Waals surface area contributed by atoms with Gasteiger partial charge in [-0.25, -0.2) is 0 Å². The summed E-state index contributed by atoms with van der Waals surface area (Å²) in [4.78, 5) is 26.4. The molecule has 0 aliphatic carbocycles. The van der Waals surface area contributed by atoms with Crippen molar-refractivity contribution in [3.63, 3.8) is 0 Å². The van der Waals surface area contributed by atoms with Crippen molar-refractivity contribution in [3.05, 3.63) is 22.4 Å². The molecule has 1 atom stereocenters. The van der Waals surface area contributed by atoms with E-state index in [9.17, 15) is 14.7 Å². The van der Waals surface area contributed by atoms with Crippen LogP contribution in [-0.2, 0) is 4.79 Å². The maximum atomic E-state index is 12.1. The lowest BCUT2D eigenvalue weighted by Crippen LogP contribution is -2.45. The van der Waals surface area contributed by atoms with E-state index in [4.69, 9.17) is 0 Å². The quantitative estimate of drug-likeness (QED) is 0.785. The number of nitrogens with one attached hydrogen (secondary N) is 1. The van der Waals surface area contributed by atoms with Crippen LogP contribution >= 0.6 is 11.3 Å². The smallest absolute Gasteiger partial charge is 0.261 e. The van der Waals surface area contributed by atoms with Crippen LogP contribution in [0, 0.1) is 0 Å². The van der Waals surface area contributed by atoms with Crippen LogP contribution in [0.15, 0.2) is 17.5 Å². The molecule has 0 aromatic carbocycles. The van der Waals surface area contributed by atoms with E-state index in [-0.39, 0.29) is 24.5 Å². The van der Waals surface area contributed by atoms with Crippen molar-refractivity contribution in [1.82, 2.24) is 10.2 Å². The maximum absolute atomic E-state index is 12.1. The lowest BCUT2D eigenvalue weighted by atomic mass is 10.0. The van der Waals surface area contributed by atoms with Crippen molar-refractivity contribution >= 4 is 23.2 Å². The average molecular weight is 310 g/mol. The molecule has 0 bridgehead atoms. The highest BCUT2D eigenvalue weighted by molar-refractivity contribution is 7.12. The van der Waals surface area contributed by atoms with Gasteiger partial charge in [0.2, 0.25) is 5.91 Å². The number of piperidine rings is 1. The van der Waals surface area contributed by atoms with Gasteiger partial charge in [0.25, 0.3) is 5.91 Å². The van der Waals surface area contributed by atoms with Crippen molar-refractivity contribution in [1.29, 1.82) is 0 Å². The van der Waals surface area contributed by atoms with Gasteiger partial charge in [0.15, 0.2) is 0 Å². The number of aliphatic hydroxyl groups is 1. The third-order valence-corrected chi connectivity index (χ3v) is 4.62. The number of carbonyl (C=O) groups is 2. The van der Waals surface area contributed by atoms with Crippen molar-refractivity contribution < 1.29 is 14.7 Å². The SMILES string of the molecule is O=C(NCCCC(=O)N1CCCCC1CO)c1cccs1. The molecule has 116 valence electrons. The van der Waals surface area contributed by atoms with Crippen LogP contribution in [-0.4, -0.2) is 47.6 Å². The fourth-order valence-electron chi connectivity index (χ4n) is 2.60. The molecule has 2 N–H and O–H groups in total. The monoisotopic (exact) mass is 310 g/mol. The van der Waals surface area contributed by atoms with Crippen molar-refractivity contribution in [2.75, 3.05) is 19.7 Å². The highest BCUT2D eigenvalue weighted by atomic mass is 32.1. The summed E-state index contributed by atoms with van der Waals surface area (Å²) in [5.74, 6) is 0.00257. The minimum Gasteiger partial charge on any atom is -0.394 e. The van der Waals surface area contributed by atoms with Crippen molar-refractivity contribution in [2.24, 2.45) is 0 Å². The van der Waals surface area contributed by atoms with Gasteiger partial charge in [0.1, 0.15) is 0 Å². The number of rotatable bonds is 6. The molecule has 21 heavy (non-hydrogen) atoms.